The first-order chi connectivity index (χ1) is 12.7. The van der Waals surface area contributed by atoms with Gasteiger partial charge in [-0.3, -0.25) is 9.00 Å². The Labute approximate surface area is 169 Å². The van der Waals surface area contributed by atoms with Crippen LogP contribution in [0.3, 0.4) is 0 Å². The van der Waals surface area contributed by atoms with Gasteiger partial charge in [0, 0.05) is 55.9 Å². The van der Waals surface area contributed by atoms with Crippen LogP contribution in [0.2, 0.25) is 0 Å². The van der Waals surface area contributed by atoms with Crippen LogP contribution in [0.25, 0.3) is 0 Å². The Bertz CT molecular complexity index is 641. The number of hydrogen-bond donors (Lipinski definition) is 2. The highest BCUT2D eigenvalue weighted by Crippen LogP contribution is 2.31. The standard InChI is InChI=1S/C18H27N3O4S.ClH/c22-18(20-5-1-8-21-9-6-19-7-10-21)4-13-26(23)15-2-3-16-17(14-15)25-12-11-24-16;/h2-3,14,19H,1,4-13H2,(H,20,22);1H. The van der Waals surface area contributed by atoms with E-state index in [1.54, 1.807) is 18.2 Å². The number of rotatable bonds is 8. The average molecular weight is 418 g/mol. The second-order valence-electron chi connectivity index (χ2n) is 6.40. The molecule has 1 fully saturated rings. The topological polar surface area (TPSA) is 79.9 Å². The molecule has 2 heterocycles. The van der Waals surface area contributed by atoms with Gasteiger partial charge in [-0.05, 0) is 25.1 Å². The summed E-state index contributed by atoms with van der Waals surface area (Å²) in [5.74, 6) is 1.57. The van der Waals surface area contributed by atoms with Crippen LogP contribution in [0.4, 0.5) is 0 Å². The molecule has 0 aliphatic carbocycles. The molecule has 1 unspecified atom stereocenters. The van der Waals surface area contributed by atoms with Crippen LogP contribution < -0.4 is 20.1 Å². The van der Waals surface area contributed by atoms with Crippen molar-refractivity contribution in [2.45, 2.75) is 17.7 Å². The molecule has 9 heteroatoms. The second-order valence-corrected chi connectivity index (χ2v) is 7.97. The Morgan fingerprint density at radius 2 is 1.93 bits per heavy atom. The predicted octanol–water partition coefficient (Wildman–Crippen LogP) is 0.789. The molecule has 1 amide bonds. The third kappa shape index (κ3) is 6.95. The predicted molar refractivity (Wildman–Crippen MR) is 108 cm³/mol. The van der Waals surface area contributed by atoms with Crippen molar-refractivity contribution >= 4 is 29.1 Å². The Balaban J connectivity index is 0.00000261. The van der Waals surface area contributed by atoms with E-state index in [0.717, 1.165) is 39.1 Å². The van der Waals surface area contributed by atoms with Crippen LogP contribution in [0, 0.1) is 0 Å². The fourth-order valence-corrected chi connectivity index (χ4v) is 4.09. The third-order valence-corrected chi connectivity index (χ3v) is 5.83. The molecule has 0 aromatic heterocycles. The number of benzene rings is 1. The normalized spacial score (nSPS) is 17.6. The molecule has 0 spiro atoms. The molecule has 0 saturated carbocycles. The van der Waals surface area contributed by atoms with Gasteiger partial charge in [-0.2, -0.15) is 0 Å². The van der Waals surface area contributed by atoms with Crippen molar-refractivity contribution in [3.8, 4) is 11.5 Å². The number of hydrogen-bond acceptors (Lipinski definition) is 6. The lowest BCUT2D eigenvalue weighted by molar-refractivity contribution is -0.120. The lowest BCUT2D eigenvalue weighted by atomic mass is 10.3. The number of amides is 1. The number of carbonyl (C=O) groups excluding carboxylic acids is 1. The van der Waals surface area contributed by atoms with Crippen molar-refractivity contribution in [2.75, 3.05) is 58.2 Å². The van der Waals surface area contributed by atoms with Gasteiger partial charge in [-0.1, -0.05) is 0 Å². The zero-order chi connectivity index (χ0) is 18.2. The largest absolute Gasteiger partial charge is 0.486 e. The first-order valence-electron chi connectivity index (χ1n) is 9.20. The smallest absolute Gasteiger partial charge is 0.220 e. The van der Waals surface area contributed by atoms with E-state index in [4.69, 9.17) is 9.47 Å². The molecule has 7 nitrogen and oxygen atoms in total. The van der Waals surface area contributed by atoms with Gasteiger partial charge in [-0.15, -0.1) is 12.4 Å². The minimum Gasteiger partial charge on any atom is -0.486 e. The van der Waals surface area contributed by atoms with E-state index in [1.165, 1.54) is 0 Å². The highest BCUT2D eigenvalue weighted by Gasteiger charge is 2.15. The molecule has 2 aliphatic heterocycles. The van der Waals surface area contributed by atoms with Gasteiger partial charge in [0.25, 0.3) is 0 Å². The summed E-state index contributed by atoms with van der Waals surface area (Å²) < 4.78 is 23.4. The van der Waals surface area contributed by atoms with E-state index in [2.05, 4.69) is 15.5 Å². The van der Waals surface area contributed by atoms with Crippen molar-refractivity contribution in [1.82, 2.24) is 15.5 Å². The maximum atomic E-state index is 12.4. The van der Waals surface area contributed by atoms with Crippen LogP contribution in [-0.2, 0) is 15.6 Å². The van der Waals surface area contributed by atoms with Gasteiger partial charge in [0.15, 0.2) is 11.5 Å². The number of nitrogens with one attached hydrogen (secondary N) is 2. The number of ether oxygens (including phenoxy) is 2. The summed E-state index contributed by atoms with van der Waals surface area (Å²) >= 11 is 0. The molecule has 2 N–H and O–H groups in total. The van der Waals surface area contributed by atoms with E-state index in [-0.39, 0.29) is 24.7 Å². The molecular formula is C18H28ClN3O4S. The zero-order valence-corrected chi connectivity index (χ0v) is 17.0. The number of piperazine rings is 1. The molecule has 0 bridgehead atoms. The van der Waals surface area contributed by atoms with Gasteiger partial charge in [0.2, 0.25) is 5.91 Å². The minimum absolute atomic E-state index is 0. The zero-order valence-electron chi connectivity index (χ0n) is 15.4. The summed E-state index contributed by atoms with van der Waals surface area (Å²) in [7, 11) is -1.22. The maximum Gasteiger partial charge on any atom is 0.220 e. The Hall–Kier alpha value is -1.35. The Morgan fingerprint density at radius 3 is 2.70 bits per heavy atom. The molecule has 152 valence electrons. The quantitative estimate of drug-likeness (QED) is 0.609. The lowest BCUT2D eigenvalue weighted by Crippen LogP contribution is -2.44. The summed E-state index contributed by atoms with van der Waals surface area (Å²) in [5, 5.41) is 6.24. The van der Waals surface area contributed by atoms with E-state index >= 15 is 0 Å². The van der Waals surface area contributed by atoms with Crippen molar-refractivity contribution in [3.63, 3.8) is 0 Å². The van der Waals surface area contributed by atoms with Crippen molar-refractivity contribution in [3.05, 3.63) is 18.2 Å². The number of nitrogens with zero attached hydrogens (tertiary/aromatic N) is 1. The third-order valence-electron chi connectivity index (χ3n) is 4.47. The van der Waals surface area contributed by atoms with E-state index in [9.17, 15) is 9.00 Å². The van der Waals surface area contributed by atoms with E-state index < -0.39 is 10.8 Å². The second kappa shape index (κ2) is 11.5. The summed E-state index contributed by atoms with van der Waals surface area (Å²) in [5.41, 5.74) is 0. The first-order valence-corrected chi connectivity index (χ1v) is 10.5. The molecule has 2 aliphatic rings. The minimum atomic E-state index is -1.22. The van der Waals surface area contributed by atoms with Crippen LogP contribution in [0.5, 0.6) is 11.5 Å². The summed E-state index contributed by atoms with van der Waals surface area (Å²) in [6, 6.07) is 5.29. The Kier molecular flexibility index (Phi) is 9.33. The molecule has 1 aromatic carbocycles. The van der Waals surface area contributed by atoms with Crippen molar-refractivity contribution in [1.29, 1.82) is 0 Å². The molecule has 1 atom stereocenters. The van der Waals surface area contributed by atoms with E-state index in [0.29, 0.717) is 41.9 Å². The van der Waals surface area contributed by atoms with Crippen LogP contribution in [0.15, 0.2) is 23.1 Å². The molecule has 3 rings (SSSR count). The van der Waals surface area contributed by atoms with Gasteiger partial charge >= 0.3 is 0 Å². The molecule has 1 saturated heterocycles. The highest BCUT2D eigenvalue weighted by atomic mass is 35.5. The highest BCUT2D eigenvalue weighted by molar-refractivity contribution is 7.85. The summed E-state index contributed by atoms with van der Waals surface area (Å²) in [6.45, 7) is 6.93. The van der Waals surface area contributed by atoms with Crippen LogP contribution >= 0.6 is 12.4 Å². The van der Waals surface area contributed by atoms with Gasteiger partial charge in [0.1, 0.15) is 13.2 Å². The van der Waals surface area contributed by atoms with Gasteiger partial charge in [0.05, 0.1) is 10.8 Å². The summed E-state index contributed by atoms with van der Waals surface area (Å²) in [4.78, 5) is 15.0. The average Bonchev–Trinajstić information content (AvgIpc) is 2.70. The number of fused-ring (bicyclic) bond motifs is 1. The lowest BCUT2D eigenvalue weighted by Gasteiger charge is -2.27. The first kappa shape index (κ1) is 21.9. The van der Waals surface area contributed by atoms with Gasteiger partial charge in [-0.25, -0.2) is 0 Å². The van der Waals surface area contributed by atoms with E-state index in [1.807, 2.05) is 0 Å². The Morgan fingerprint density at radius 1 is 1.19 bits per heavy atom. The van der Waals surface area contributed by atoms with Crippen molar-refractivity contribution < 1.29 is 18.5 Å². The SMILES string of the molecule is Cl.O=C(CCS(=O)c1ccc2c(c1)OCCO2)NCCCN1CCNCC1. The summed E-state index contributed by atoms with van der Waals surface area (Å²) in [6.07, 6.45) is 1.20. The molecular weight excluding hydrogens is 390 g/mol. The fourth-order valence-electron chi connectivity index (χ4n) is 3.02. The van der Waals surface area contributed by atoms with Gasteiger partial charge < -0.3 is 25.0 Å². The maximum absolute atomic E-state index is 12.4. The van der Waals surface area contributed by atoms with Crippen LogP contribution in [-0.4, -0.2) is 73.3 Å². The van der Waals surface area contributed by atoms with Crippen LogP contribution in [0.1, 0.15) is 12.8 Å². The number of halogens is 1. The fraction of sp³-hybridized carbons (Fsp3) is 0.611. The molecule has 27 heavy (non-hydrogen) atoms. The molecule has 0 radical (unpaired) electrons. The number of carbonyl (C=O) groups is 1. The monoisotopic (exact) mass is 417 g/mol. The molecule has 1 aromatic rings. The van der Waals surface area contributed by atoms with Crippen molar-refractivity contribution in [2.24, 2.45) is 0 Å².